The van der Waals surface area contributed by atoms with E-state index in [2.05, 4.69) is 4.74 Å². The van der Waals surface area contributed by atoms with Gasteiger partial charge in [0.1, 0.15) is 6.07 Å². The molecule has 0 spiro atoms. The lowest BCUT2D eigenvalue weighted by Crippen LogP contribution is -2.22. The first-order chi connectivity index (χ1) is 8.39. The molecule has 0 aliphatic rings. The highest BCUT2D eigenvalue weighted by Crippen LogP contribution is 2.15. The van der Waals surface area contributed by atoms with E-state index < -0.39 is 16.0 Å². The normalized spacial score (nSPS) is 11.0. The van der Waals surface area contributed by atoms with Gasteiger partial charge in [0, 0.05) is 14.1 Å². The molecule has 0 unspecified atom stereocenters. The van der Waals surface area contributed by atoms with Crippen LogP contribution in [0.25, 0.3) is 0 Å². The number of nitrogens with zero attached hydrogens (tertiary/aromatic N) is 2. The highest BCUT2D eigenvalue weighted by Gasteiger charge is 2.19. The summed E-state index contributed by atoms with van der Waals surface area (Å²) >= 11 is 0. The van der Waals surface area contributed by atoms with E-state index in [-0.39, 0.29) is 17.1 Å². The third-order valence-corrected chi connectivity index (χ3v) is 3.93. The summed E-state index contributed by atoms with van der Waals surface area (Å²) in [5.74, 6) is -0.729. The second-order valence-corrected chi connectivity index (χ2v) is 5.70. The molecule has 0 aliphatic heterocycles. The molecular weight excluding hydrogens is 256 g/mol. The topological polar surface area (TPSA) is 87.5 Å². The number of carbonyl (C=O) groups is 1. The van der Waals surface area contributed by atoms with Crippen LogP contribution in [-0.4, -0.2) is 39.4 Å². The predicted molar refractivity (Wildman–Crippen MR) is 63.2 cm³/mol. The Morgan fingerprint density at radius 3 is 2.67 bits per heavy atom. The van der Waals surface area contributed by atoms with Crippen molar-refractivity contribution in [1.29, 1.82) is 5.26 Å². The van der Waals surface area contributed by atoms with Crippen LogP contribution in [0.4, 0.5) is 0 Å². The van der Waals surface area contributed by atoms with Gasteiger partial charge in [0.15, 0.2) is 6.61 Å². The van der Waals surface area contributed by atoms with E-state index in [4.69, 9.17) is 5.26 Å². The number of sulfonamides is 1. The molecule has 0 amide bonds. The molecule has 0 aromatic heterocycles. The Morgan fingerprint density at radius 2 is 2.11 bits per heavy atom. The molecule has 0 aliphatic carbocycles. The summed E-state index contributed by atoms with van der Waals surface area (Å²) in [6.07, 6.45) is 0. The van der Waals surface area contributed by atoms with Gasteiger partial charge >= 0.3 is 5.97 Å². The number of carbonyl (C=O) groups excluding carboxylic acids is 1. The first-order valence-corrected chi connectivity index (χ1v) is 6.40. The maximum Gasteiger partial charge on any atom is 0.339 e. The standard InChI is InChI=1S/C11H12N2O4S/c1-13(2)18(15,16)10-5-3-4-9(8-10)11(14)17-7-6-12/h3-5,8H,7H2,1-2H3. The highest BCUT2D eigenvalue weighted by atomic mass is 32.2. The summed E-state index contributed by atoms with van der Waals surface area (Å²) in [5.41, 5.74) is 0.0909. The van der Waals surface area contributed by atoms with Crippen LogP contribution in [0.1, 0.15) is 10.4 Å². The minimum atomic E-state index is -3.59. The lowest BCUT2D eigenvalue weighted by molar-refractivity contribution is 0.0554. The Bertz CT molecular complexity index is 587. The molecule has 0 saturated heterocycles. The second kappa shape index (κ2) is 5.62. The number of hydrogen-bond acceptors (Lipinski definition) is 5. The number of rotatable bonds is 4. The van der Waals surface area contributed by atoms with Gasteiger partial charge < -0.3 is 4.74 Å². The van der Waals surface area contributed by atoms with Crippen molar-refractivity contribution >= 4 is 16.0 Å². The molecule has 1 aromatic rings. The zero-order valence-corrected chi connectivity index (χ0v) is 10.8. The Hall–Kier alpha value is -1.91. The molecule has 6 nitrogen and oxygen atoms in total. The predicted octanol–water partition coefficient (Wildman–Crippen LogP) is 0.617. The molecule has 0 N–H and O–H groups in total. The van der Waals surface area contributed by atoms with Gasteiger partial charge in [-0.2, -0.15) is 5.26 Å². The molecule has 0 fully saturated rings. The molecule has 1 rings (SSSR count). The van der Waals surface area contributed by atoms with Crippen molar-refractivity contribution < 1.29 is 17.9 Å². The summed E-state index contributed by atoms with van der Waals surface area (Å²) in [6.45, 7) is -0.372. The van der Waals surface area contributed by atoms with Gasteiger partial charge in [0.05, 0.1) is 10.5 Å². The molecule has 0 bridgehead atoms. The number of ether oxygens (including phenoxy) is 1. The number of hydrogen-bond donors (Lipinski definition) is 0. The maximum absolute atomic E-state index is 11.8. The van der Waals surface area contributed by atoms with Crippen LogP contribution in [-0.2, 0) is 14.8 Å². The summed E-state index contributed by atoms with van der Waals surface area (Å²) in [4.78, 5) is 11.5. The van der Waals surface area contributed by atoms with E-state index in [0.29, 0.717) is 0 Å². The fraction of sp³-hybridized carbons (Fsp3) is 0.273. The second-order valence-electron chi connectivity index (χ2n) is 3.55. The third kappa shape index (κ3) is 3.06. The van der Waals surface area contributed by atoms with Gasteiger partial charge in [0.2, 0.25) is 10.0 Å². The van der Waals surface area contributed by atoms with Crippen LogP contribution < -0.4 is 0 Å². The van der Waals surface area contributed by atoms with E-state index in [0.717, 1.165) is 4.31 Å². The van der Waals surface area contributed by atoms with Crippen LogP contribution in [0.3, 0.4) is 0 Å². The molecular formula is C11H12N2O4S. The van der Waals surface area contributed by atoms with Crippen molar-refractivity contribution in [2.45, 2.75) is 4.90 Å². The lowest BCUT2D eigenvalue weighted by Gasteiger charge is -2.11. The number of esters is 1. The van der Waals surface area contributed by atoms with Crippen LogP contribution >= 0.6 is 0 Å². The molecule has 96 valence electrons. The summed E-state index contributed by atoms with van der Waals surface area (Å²) in [7, 11) is -0.795. The molecule has 0 radical (unpaired) electrons. The van der Waals surface area contributed by atoms with E-state index in [9.17, 15) is 13.2 Å². The van der Waals surface area contributed by atoms with Gasteiger partial charge in [0.25, 0.3) is 0 Å². The van der Waals surface area contributed by atoms with E-state index in [1.807, 2.05) is 0 Å². The Balaban J connectivity index is 3.08. The molecule has 18 heavy (non-hydrogen) atoms. The van der Waals surface area contributed by atoms with Gasteiger partial charge in [-0.15, -0.1) is 0 Å². The molecule has 0 heterocycles. The zero-order chi connectivity index (χ0) is 13.8. The molecule has 0 saturated carbocycles. The maximum atomic E-state index is 11.8. The fourth-order valence-electron chi connectivity index (χ4n) is 1.18. The first kappa shape index (κ1) is 14.2. The summed E-state index contributed by atoms with van der Waals surface area (Å²) in [6, 6.07) is 7.13. The first-order valence-electron chi connectivity index (χ1n) is 4.96. The van der Waals surface area contributed by atoms with Crippen LogP contribution in [0, 0.1) is 11.3 Å². The molecule has 1 aromatic carbocycles. The van der Waals surface area contributed by atoms with Crippen molar-refractivity contribution in [3.63, 3.8) is 0 Å². The van der Waals surface area contributed by atoms with Crippen molar-refractivity contribution in [2.75, 3.05) is 20.7 Å². The van der Waals surface area contributed by atoms with Crippen LogP contribution in [0.15, 0.2) is 29.2 Å². The third-order valence-electron chi connectivity index (χ3n) is 2.12. The number of benzene rings is 1. The van der Waals surface area contributed by atoms with Crippen LogP contribution in [0.5, 0.6) is 0 Å². The quantitative estimate of drug-likeness (QED) is 0.747. The molecule has 7 heteroatoms. The smallest absolute Gasteiger partial charge is 0.339 e. The SMILES string of the molecule is CN(C)S(=O)(=O)c1cccc(C(=O)OCC#N)c1. The van der Waals surface area contributed by atoms with Crippen molar-refractivity contribution in [3.8, 4) is 6.07 Å². The van der Waals surface area contributed by atoms with E-state index in [1.54, 1.807) is 6.07 Å². The van der Waals surface area contributed by atoms with Crippen LogP contribution in [0.2, 0.25) is 0 Å². The van der Waals surface area contributed by atoms with E-state index >= 15 is 0 Å². The minimum absolute atomic E-state index is 0.00101. The molecule has 0 atom stereocenters. The Kier molecular flexibility index (Phi) is 4.42. The van der Waals surface area contributed by atoms with Crippen molar-refractivity contribution in [1.82, 2.24) is 4.31 Å². The van der Waals surface area contributed by atoms with Gasteiger partial charge in [-0.05, 0) is 18.2 Å². The monoisotopic (exact) mass is 268 g/mol. The number of nitriles is 1. The fourth-order valence-corrected chi connectivity index (χ4v) is 2.12. The Labute approximate surface area is 105 Å². The summed E-state index contributed by atoms with van der Waals surface area (Å²) < 4.78 is 29.3. The average Bonchev–Trinajstić information content (AvgIpc) is 2.35. The zero-order valence-electron chi connectivity index (χ0n) is 9.95. The van der Waals surface area contributed by atoms with Crippen molar-refractivity contribution in [3.05, 3.63) is 29.8 Å². The van der Waals surface area contributed by atoms with Gasteiger partial charge in [-0.1, -0.05) is 6.07 Å². The van der Waals surface area contributed by atoms with Gasteiger partial charge in [-0.25, -0.2) is 17.5 Å². The minimum Gasteiger partial charge on any atom is -0.447 e. The lowest BCUT2D eigenvalue weighted by atomic mass is 10.2. The van der Waals surface area contributed by atoms with E-state index in [1.165, 1.54) is 38.4 Å². The van der Waals surface area contributed by atoms with Gasteiger partial charge in [-0.3, -0.25) is 0 Å². The largest absolute Gasteiger partial charge is 0.447 e. The average molecular weight is 268 g/mol. The van der Waals surface area contributed by atoms with Crippen molar-refractivity contribution in [2.24, 2.45) is 0 Å². The summed E-state index contributed by atoms with van der Waals surface area (Å²) in [5, 5.41) is 8.29. The highest BCUT2D eigenvalue weighted by molar-refractivity contribution is 7.89. The Morgan fingerprint density at radius 1 is 1.44 bits per heavy atom.